The third-order valence-electron chi connectivity index (χ3n) is 3.58. The second-order valence-corrected chi connectivity index (χ2v) is 5.85. The molecule has 3 rings (SSSR count). The van der Waals surface area contributed by atoms with Gasteiger partial charge in [-0.25, -0.2) is 4.98 Å². The highest BCUT2D eigenvalue weighted by atomic mass is 79.9. The molecule has 1 N–H and O–H groups in total. The van der Waals surface area contributed by atoms with E-state index in [1.165, 1.54) is 0 Å². The SMILES string of the molecule is CN1CCC(N=C2Cc3nc(Br)ccc3N2)CC1. The van der Waals surface area contributed by atoms with Gasteiger partial charge in [-0.2, -0.15) is 0 Å². The van der Waals surface area contributed by atoms with Crippen molar-refractivity contribution in [3.05, 3.63) is 22.4 Å². The average molecular weight is 309 g/mol. The first-order valence-electron chi connectivity index (χ1n) is 6.38. The topological polar surface area (TPSA) is 40.5 Å². The molecule has 1 saturated heterocycles. The molecule has 0 unspecified atom stereocenters. The number of nitrogens with zero attached hydrogens (tertiary/aromatic N) is 3. The lowest BCUT2D eigenvalue weighted by Gasteiger charge is -2.26. The summed E-state index contributed by atoms with van der Waals surface area (Å²) in [6, 6.07) is 4.50. The number of pyridine rings is 1. The maximum atomic E-state index is 4.84. The third-order valence-corrected chi connectivity index (χ3v) is 4.02. The van der Waals surface area contributed by atoms with Gasteiger partial charge >= 0.3 is 0 Å². The summed E-state index contributed by atoms with van der Waals surface area (Å²) in [5.41, 5.74) is 2.20. The zero-order valence-corrected chi connectivity index (χ0v) is 12.1. The number of aliphatic imine (C=N–C) groups is 1. The van der Waals surface area contributed by atoms with Crippen molar-refractivity contribution >= 4 is 27.5 Å². The van der Waals surface area contributed by atoms with Gasteiger partial charge in [-0.05, 0) is 61.0 Å². The number of piperidine rings is 1. The molecule has 3 heterocycles. The zero-order chi connectivity index (χ0) is 12.5. The van der Waals surface area contributed by atoms with Gasteiger partial charge in [0.25, 0.3) is 0 Å². The van der Waals surface area contributed by atoms with E-state index in [1.807, 2.05) is 6.07 Å². The van der Waals surface area contributed by atoms with Crippen LogP contribution in [0, 0.1) is 0 Å². The molecule has 0 aliphatic carbocycles. The maximum absolute atomic E-state index is 4.84. The molecule has 1 aromatic rings. The molecule has 4 nitrogen and oxygen atoms in total. The second kappa shape index (κ2) is 4.97. The molecule has 2 aliphatic heterocycles. The number of nitrogens with one attached hydrogen (secondary N) is 1. The van der Waals surface area contributed by atoms with Gasteiger partial charge in [0, 0.05) is 6.42 Å². The van der Waals surface area contributed by atoms with Gasteiger partial charge in [0.05, 0.1) is 17.4 Å². The molecule has 0 spiro atoms. The van der Waals surface area contributed by atoms with Gasteiger partial charge in [0.1, 0.15) is 10.4 Å². The lowest BCUT2D eigenvalue weighted by Crippen LogP contribution is -2.32. The van der Waals surface area contributed by atoms with Crippen LogP contribution >= 0.6 is 15.9 Å². The summed E-state index contributed by atoms with van der Waals surface area (Å²) in [6.45, 7) is 2.30. The third kappa shape index (κ3) is 2.57. The molecule has 96 valence electrons. The van der Waals surface area contributed by atoms with Crippen molar-refractivity contribution in [3.63, 3.8) is 0 Å². The normalized spacial score (nSPS) is 23.1. The minimum absolute atomic E-state index is 0.474. The molecule has 2 aliphatic rings. The van der Waals surface area contributed by atoms with Crippen molar-refractivity contribution in [1.29, 1.82) is 0 Å². The number of amidine groups is 1. The number of fused-ring (bicyclic) bond motifs is 1. The van der Waals surface area contributed by atoms with Gasteiger partial charge in [0.15, 0.2) is 0 Å². The van der Waals surface area contributed by atoms with E-state index in [9.17, 15) is 0 Å². The summed E-state index contributed by atoms with van der Waals surface area (Å²) in [6.07, 6.45) is 3.16. The number of anilines is 1. The molecule has 0 amide bonds. The van der Waals surface area contributed by atoms with Crippen LogP contribution in [0.4, 0.5) is 5.69 Å². The van der Waals surface area contributed by atoms with Gasteiger partial charge in [0.2, 0.25) is 0 Å². The van der Waals surface area contributed by atoms with Crippen LogP contribution in [0.2, 0.25) is 0 Å². The fourth-order valence-electron chi connectivity index (χ4n) is 2.50. The van der Waals surface area contributed by atoms with Crippen LogP contribution in [-0.2, 0) is 6.42 Å². The maximum Gasteiger partial charge on any atom is 0.107 e. The molecule has 1 fully saturated rings. The second-order valence-electron chi connectivity index (χ2n) is 5.04. The lowest BCUT2D eigenvalue weighted by molar-refractivity contribution is 0.257. The summed E-state index contributed by atoms with van der Waals surface area (Å²) in [4.78, 5) is 11.7. The molecule has 0 saturated carbocycles. The van der Waals surface area contributed by atoms with E-state index >= 15 is 0 Å². The van der Waals surface area contributed by atoms with E-state index in [0.29, 0.717) is 6.04 Å². The molecule has 5 heteroatoms. The first-order chi connectivity index (χ1) is 8.70. The summed E-state index contributed by atoms with van der Waals surface area (Å²) < 4.78 is 0.892. The van der Waals surface area contributed by atoms with Crippen molar-refractivity contribution in [2.75, 3.05) is 25.5 Å². The van der Waals surface area contributed by atoms with E-state index < -0.39 is 0 Å². The smallest absolute Gasteiger partial charge is 0.107 e. The van der Waals surface area contributed by atoms with Crippen LogP contribution in [0.3, 0.4) is 0 Å². The fraction of sp³-hybridized carbons (Fsp3) is 0.538. The van der Waals surface area contributed by atoms with Crippen LogP contribution in [0.25, 0.3) is 0 Å². The Bertz CT molecular complexity index is 478. The van der Waals surface area contributed by atoms with Crippen LogP contribution < -0.4 is 5.32 Å². The van der Waals surface area contributed by atoms with E-state index in [1.54, 1.807) is 0 Å². The molecule has 0 atom stereocenters. The Morgan fingerprint density at radius 1 is 1.39 bits per heavy atom. The standard InChI is InChI=1S/C13H17BrN4/c1-18-6-4-9(5-7-18)15-13-8-11-10(17-13)2-3-12(14)16-11/h2-3,9H,4-8H2,1H3,(H,15,17). The zero-order valence-electron chi connectivity index (χ0n) is 10.5. The quantitative estimate of drug-likeness (QED) is 0.809. The Kier molecular flexibility index (Phi) is 3.35. The Balaban J connectivity index is 1.70. The molecular formula is C13H17BrN4. The minimum atomic E-state index is 0.474. The number of rotatable bonds is 1. The van der Waals surface area contributed by atoms with Gasteiger partial charge in [-0.1, -0.05) is 0 Å². The van der Waals surface area contributed by atoms with Gasteiger partial charge < -0.3 is 10.2 Å². The van der Waals surface area contributed by atoms with Crippen molar-refractivity contribution in [3.8, 4) is 0 Å². The van der Waals surface area contributed by atoms with Crippen molar-refractivity contribution in [2.24, 2.45) is 4.99 Å². The summed E-state index contributed by atoms with van der Waals surface area (Å²) in [5, 5.41) is 3.37. The average Bonchev–Trinajstić information content (AvgIpc) is 2.73. The highest BCUT2D eigenvalue weighted by Crippen LogP contribution is 2.24. The first-order valence-corrected chi connectivity index (χ1v) is 7.17. The molecular weight excluding hydrogens is 292 g/mol. The predicted molar refractivity (Wildman–Crippen MR) is 77.2 cm³/mol. The van der Waals surface area contributed by atoms with E-state index in [4.69, 9.17) is 4.99 Å². The van der Waals surface area contributed by atoms with E-state index in [-0.39, 0.29) is 0 Å². The molecule has 0 radical (unpaired) electrons. The number of halogens is 1. The van der Waals surface area contributed by atoms with Crippen molar-refractivity contribution in [2.45, 2.75) is 25.3 Å². The van der Waals surface area contributed by atoms with Crippen LogP contribution in [0.1, 0.15) is 18.5 Å². The van der Waals surface area contributed by atoms with Gasteiger partial charge in [-0.15, -0.1) is 0 Å². The highest BCUT2D eigenvalue weighted by Gasteiger charge is 2.21. The van der Waals surface area contributed by atoms with Crippen LogP contribution in [0.5, 0.6) is 0 Å². The molecule has 18 heavy (non-hydrogen) atoms. The number of hydrogen-bond acceptors (Lipinski definition) is 3. The van der Waals surface area contributed by atoms with E-state index in [2.05, 4.69) is 44.2 Å². The molecule has 1 aromatic heterocycles. The number of hydrogen-bond donors (Lipinski definition) is 1. The minimum Gasteiger partial charge on any atom is -0.342 e. The first kappa shape index (κ1) is 12.1. The summed E-state index contributed by atoms with van der Waals surface area (Å²) in [7, 11) is 2.18. The molecule has 0 bridgehead atoms. The molecule has 0 aromatic carbocycles. The Hall–Kier alpha value is -0.940. The number of aromatic nitrogens is 1. The fourth-order valence-corrected chi connectivity index (χ4v) is 2.85. The highest BCUT2D eigenvalue weighted by molar-refractivity contribution is 9.10. The van der Waals surface area contributed by atoms with Crippen molar-refractivity contribution < 1.29 is 0 Å². The predicted octanol–water partition coefficient (Wildman–Crippen LogP) is 2.30. The Labute approximate surface area is 116 Å². The van der Waals surface area contributed by atoms with Crippen LogP contribution in [-0.4, -0.2) is 41.9 Å². The Morgan fingerprint density at radius 2 is 2.17 bits per heavy atom. The summed E-state index contributed by atoms with van der Waals surface area (Å²) in [5.74, 6) is 1.07. The largest absolute Gasteiger partial charge is 0.342 e. The monoisotopic (exact) mass is 308 g/mol. The van der Waals surface area contributed by atoms with Crippen LogP contribution in [0.15, 0.2) is 21.7 Å². The van der Waals surface area contributed by atoms with Gasteiger partial charge in [-0.3, -0.25) is 4.99 Å². The number of likely N-dealkylation sites (tertiary alicyclic amines) is 1. The van der Waals surface area contributed by atoms with Crippen molar-refractivity contribution in [1.82, 2.24) is 9.88 Å². The summed E-state index contributed by atoms with van der Waals surface area (Å²) >= 11 is 3.41. The lowest BCUT2D eigenvalue weighted by atomic mass is 10.1. The Morgan fingerprint density at radius 3 is 2.94 bits per heavy atom. The van der Waals surface area contributed by atoms with E-state index in [0.717, 1.165) is 54.2 Å².